The number of fused-ring (bicyclic) bond motifs is 2. The summed E-state index contributed by atoms with van der Waals surface area (Å²) in [6.07, 6.45) is -0.127. The van der Waals surface area contributed by atoms with Crippen molar-refractivity contribution >= 4 is 34.7 Å². The number of hydrogen-bond donors (Lipinski definition) is 3. The Morgan fingerprint density at radius 2 is 1.65 bits per heavy atom. The van der Waals surface area contributed by atoms with Gasteiger partial charge in [0.2, 0.25) is 0 Å². The molecule has 0 atom stereocenters. The maximum atomic E-state index is 12.7. The Bertz CT molecular complexity index is 1230. The minimum Gasteiger partial charge on any atom is -0.496 e. The van der Waals surface area contributed by atoms with Crippen LogP contribution in [0.4, 0.5) is 17.1 Å². The average molecular weight is 416 g/mol. The summed E-state index contributed by atoms with van der Waals surface area (Å²) in [4.78, 5) is 35.5. The second kappa shape index (κ2) is 7.95. The zero-order valence-electron chi connectivity index (χ0n) is 17.0. The first-order chi connectivity index (χ1) is 14.9. The van der Waals surface area contributed by atoms with Crippen LogP contribution in [0.3, 0.4) is 0 Å². The molecular formula is C24H20N2O5. The Labute approximate surface area is 178 Å². The van der Waals surface area contributed by atoms with Gasteiger partial charge >= 0.3 is 5.97 Å². The molecule has 0 unspecified atom stereocenters. The number of ketones is 1. The smallest absolute Gasteiger partial charge is 0.307 e. The lowest BCUT2D eigenvalue weighted by Crippen LogP contribution is -2.11. The number of methoxy groups -OCH3 is 1. The van der Waals surface area contributed by atoms with Crippen molar-refractivity contribution in [1.82, 2.24) is 0 Å². The molecule has 3 N–H and O–H groups in total. The summed E-state index contributed by atoms with van der Waals surface area (Å²) in [5, 5.41) is 15.1. The predicted octanol–water partition coefficient (Wildman–Crippen LogP) is 4.50. The van der Waals surface area contributed by atoms with Gasteiger partial charge in [-0.05, 0) is 60.0 Å². The molecule has 3 aromatic rings. The van der Waals surface area contributed by atoms with Gasteiger partial charge in [0, 0.05) is 0 Å². The molecule has 31 heavy (non-hydrogen) atoms. The topological polar surface area (TPSA) is 105 Å². The average Bonchev–Trinajstić information content (AvgIpc) is 2.87. The van der Waals surface area contributed by atoms with Crippen LogP contribution < -0.4 is 15.4 Å². The van der Waals surface area contributed by atoms with Crippen LogP contribution in [-0.2, 0) is 11.2 Å². The molecule has 1 aliphatic rings. The Morgan fingerprint density at radius 1 is 0.903 bits per heavy atom. The first kappa shape index (κ1) is 20.2. The first-order valence-corrected chi connectivity index (χ1v) is 9.62. The number of carbonyl (C=O) groups excluding carboxylic acids is 2. The van der Waals surface area contributed by atoms with Gasteiger partial charge in [0.15, 0.2) is 5.78 Å². The summed E-state index contributed by atoms with van der Waals surface area (Å²) in [6.45, 7) is 1.49. The van der Waals surface area contributed by atoms with Gasteiger partial charge in [0.1, 0.15) is 5.75 Å². The fourth-order valence-corrected chi connectivity index (χ4v) is 3.61. The molecule has 1 aliphatic heterocycles. The fraction of sp³-hybridized carbons (Fsp3) is 0.125. The second-order valence-electron chi connectivity index (χ2n) is 7.26. The summed E-state index contributed by atoms with van der Waals surface area (Å²) < 4.78 is 5.36. The first-order valence-electron chi connectivity index (χ1n) is 9.62. The highest BCUT2D eigenvalue weighted by Gasteiger charge is 2.20. The van der Waals surface area contributed by atoms with Gasteiger partial charge in [-0.3, -0.25) is 14.4 Å². The van der Waals surface area contributed by atoms with Gasteiger partial charge in [-0.15, -0.1) is 0 Å². The number of rotatable bonds is 5. The molecule has 0 fully saturated rings. The van der Waals surface area contributed by atoms with Crippen LogP contribution in [0.25, 0.3) is 11.1 Å². The zero-order chi connectivity index (χ0) is 22.1. The molecule has 0 aliphatic carbocycles. The third-order valence-electron chi connectivity index (χ3n) is 5.14. The Kier molecular flexibility index (Phi) is 5.17. The third kappa shape index (κ3) is 3.98. The lowest BCUT2D eigenvalue weighted by molar-refractivity contribution is -0.136. The number of carboxylic acid groups (broad SMARTS) is 1. The number of ether oxygens (including phenoxy) is 1. The van der Waals surface area contributed by atoms with Gasteiger partial charge in [-0.25, -0.2) is 0 Å². The van der Waals surface area contributed by atoms with Crippen molar-refractivity contribution in [2.24, 2.45) is 0 Å². The Balaban J connectivity index is 1.73. The van der Waals surface area contributed by atoms with Crippen molar-refractivity contribution in [1.29, 1.82) is 0 Å². The molecule has 0 bridgehead atoms. The van der Waals surface area contributed by atoms with Crippen LogP contribution in [0.15, 0.2) is 54.6 Å². The normalized spacial score (nSPS) is 12.0. The Hall–Kier alpha value is -4.13. The molecule has 0 saturated carbocycles. The summed E-state index contributed by atoms with van der Waals surface area (Å²) >= 11 is 0. The maximum absolute atomic E-state index is 12.7. The monoisotopic (exact) mass is 416 g/mol. The van der Waals surface area contributed by atoms with Crippen molar-refractivity contribution < 1.29 is 24.2 Å². The number of carbonyl (C=O) groups is 3. The summed E-state index contributed by atoms with van der Waals surface area (Å²) in [6, 6.07) is 15.9. The number of anilines is 3. The minimum atomic E-state index is -0.938. The van der Waals surface area contributed by atoms with Gasteiger partial charge in [-0.1, -0.05) is 18.2 Å². The number of carboxylic acids is 1. The highest BCUT2D eigenvalue weighted by molar-refractivity contribution is 6.12. The highest BCUT2D eigenvalue weighted by atomic mass is 16.5. The molecule has 0 spiro atoms. The number of amides is 1. The van der Waals surface area contributed by atoms with E-state index in [1.54, 1.807) is 36.4 Å². The van der Waals surface area contributed by atoms with Crippen molar-refractivity contribution in [3.8, 4) is 16.9 Å². The SMILES string of the molecule is COc1cc(-c2ccc3c(c2)Nc2ccc(CC(=O)O)cc2NC3=O)ccc1C(C)=O. The van der Waals surface area contributed by atoms with Crippen molar-refractivity contribution in [3.05, 3.63) is 71.3 Å². The molecule has 4 rings (SSSR count). The molecule has 7 nitrogen and oxygen atoms in total. The summed E-state index contributed by atoms with van der Waals surface area (Å²) in [7, 11) is 1.52. The van der Waals surface area contributed by atoms with E-state index in [9.17, 15) is 14.4 Å². The summed E-state index contributed by atoms with van der Waals surface area (Å²) in [5.41, 5.74) is 5.06. The van der Waals surface area contributed by atoms with E-state index in [1.165, 1.54) is 14.0 Å². The molecule has 7 heteroatoms. The van der Waals surface area contributed by atoms with E-state index in [1.807, 2.05) is 18.2 Å². The van der Waals surface area contributed by atoms with E-state index in [0.29, 0.717) is 39.5 Å². The van der Waals surface area contributed by atoms with Gasteiger partial charge in [0.25, 0.3) is 5.91 Å². The van der Waals surface area contributed by atoms with E-state index in [2.05, 4.69) is 10.6 Å². The predicted molar refractivity (Wildman–Crippen MR) is 117 cm³/mol. The second-order valence-corrected chi connectivity index (χ2v) is 7.26. The van der Waals surface area contributed by atoms with Crippen LogP contribution in [0.2, 0.25) is 0 Å². The van der Waals surface area contributed by atoms with Crippen molar-refractivity contribution in [2.75, 3.05) is 17.7 Å². The third-order valence-corrected chi connectivity index (χ3v) is 5.14. The molecule has 1 amide bonds. The number of aliphatic carboxylic acids is 1. The molecular weight excluding hydrogens is 396 g/mol. The van der Waals surface area contributed by atoms with E-state index in [-0.39, 0.29) is 18.1 Å². The number of hydrogen-bond acceptors (Lipinski definition) is 5. The van der Waals surface area contributed by atoms with Crippen molar-refractivity contribution in [3.63, 3.8) is 0 Å². The summed E-state index contributed by atoms with van der Waals surface area (Å²) in [5.74, 6) is -0.818. The molecule has 1 heterocycles. The largest absolute Gasteiger partial charge is 0.496 e. The molecule has 3 aromatic carbocycles. The quantitative estimate of drug-likeness (QED) is 0.529. The van der Waals surface area contributed by atoms with E-state index in [0.717, 1.165) is 11.1 Å². The molecule has 0 saturated heterocycles. The lowest BCUT2D eigenvalue weighted by Gasteiger charge is -2.12. The van der Waals surface area contributed by atoms with E-state index < -0.39 is 5.97 Å². The molecule has 0 aromatic heterocycles. The minimum absolute atomic E-state index is 0.0810. The fourth-order valence-electron chi connectivity index (χ4n) is 3.61. The van der Waals surface area contributed by atoms with Crippen LogP contribution in [0, 0.1) is 0 Å². The number of Topliss-reactive ketones (excluding diaryl/α,β-unsaturated/α-hetero) is 1. The Morgan fingerprint density at radius 3 is 2.35 bits per heavy atom. The van der Waals surface area contributed by atoms with Crippen LogP contribution in [-0.4, -0.2) is 29.9 Å². The molecule has 0 radical (unpaired) electrons. The number of nitrogens with one attached hydrogen (secondary N) is 2. The van der Waals surface area contributed by atoms with Crippen LogP contribution in [0.5, 0.6) is 5.75 Å². The van der Waals surface area contributed by atoms with Gasteiger partial charge < -0.3 is 20.5 Å². The number of benzene rings is 3. The van der Waals surface area contributed by atoms with Crippen LogP contribution >= 0.6 is 0 Å². The van der Waals surface area contributed by atoms with Crippen molar-refractivity contribution in [2.45, 2.75) is 13.3 Å². The zero-order valence-corrected chi connectivity index (χ0v) is 17.0. The van der Waals surface area contributed by atoms with E-state index in [4.69, 9.17) is 9.84 Å². The van der Waals surface area contributed by atoms with E-state index >= 15 is 0 Å². The van der Waals surface area contributed by atoms with Gasteiger partial charge in [0.05, 0.1) is 41.7 Å². The standard InChI is InChI=1S/C24H20N2O5/c1-13(27)17-6-4-16(12-22(17)31-2)15-5-7-18-20(11-15)25-19-8-3-14(10-23(28)29)9-21(19)26-24(18)30/h3-9,11-12,25H,10H2,1-2H3,(H,26,30)(H,28,29). The lowest BCUT2D eigenvalue weighted by atomic mass is 9.99. The maximum Gasteiger partial charge on any atom is 0.307 e. The van der Waals surface area contributed by atoms with Gasteiger partial charge in [-0.2, -0.15) is 0 Å². The molecule has 156 valence electrons. The highest BCUT2D eigenvalue weighted by Crippen LogP contribution is 2.36. The van der Waals surface area contributed by atoms with Crippen LogP contribution in [0.1, 0.15) is 33.2 Å².